The van der Waals surface area contributed by atoms with E-state index in [1.54, 1.807) is 24.3 Å². The van der Waals surface area contributed by atoms with Crippen LogP contribution in [0.1, 0.15) is 47.3 Å². The maximum atomic E-state index is 12.4. The molecule has 0 spiro atoms. The number of hydrogen-bond donors (Lipinski definition) is 1. The van der Waals surface area contributed by atoms with Crippen molar-refractivity contribution in [2.45, 2.75) is 45.4 Å². The number of rotatable bonds is 4. The zero-order chi connectivity index (χ0) is 17.1. The van der Waals surface area contributed by atoms with E-state index >= 15 is 0 Å². The molecule has 1 aliphatic rings. The number of aromatic amines is 1. The summed E-state index contributed by atoms with van der Waals surface area (Å²) in [4.78, 5) is 38.5. The van der Waals surface area contributed by atoms with Gasteiger partial charge < -0.3 is 9.88 Å². The van der Waals surface area contributed by atoms with Gasteiger partial charge in [-0.05, 0) is 33.1 Å². The number of thiazole rings is 1. The Morgan fingerprint density at radius 1 is 1.38 bits per heavy atom. The quantitative estimate of drug-likeness (QED) is 0.920. The lowest BCUT2D eigenvalue weighted by Gasteiger charge is -2.31. The molecular formula is C17H22N4O2S. The minimum atomic E-state index is -0.101. The Morgan fingerprint density at radius 3 is 2.75 bits per heavy atom. The second kappa shape index (κ2) is 7.25. The Labute approximate surface area is 145 Å². The summed E-state index contributed by atoms with van der Waals surface area (Å²) in [7, 11) is 0. The third kappa shape index (κ3) is 3.90. The van der Waals surface area contributed by atoms with Gasteiger partial charge in [0.15, 0.2) is 0 Å². The molecule has 0 unspecified atom stereocenters. The highest BCUT2D eigenvalue weighted by Gasteiger charge is 2.25. The summed E-state index contributed by atoms with van der Waals surface area (Å²) in [5.74, 6) is 1.12. The van der Waals surface area contributed by atoms with Gasteiger partial charge in [0, 0.05) is 36.4 Å². The molecule has 6 nitrogen and oxygen atoms in total. The molecule has 0 aromatic carbocycles. The van der Waals surface area contributed by atoms with E-state index in [9.17, 15) is 9.59 Å². The molecule has 1 saturated heterocycles. The van der Waals surface area contributed by atoms with Gasteiger partial charge in [0.05, 0.1) is 16.9 Å². The van der Waals surface area contributed by atoms with Crippen LogP contribution in [0.3, 0.4) is 0 Å². The zero-order valence-electron chi connectivity index (χ0n) is 14.0. The number of H-pyrrole nitrogens is 1. The highest BCUT2D eigenvalue weighted by Crippen LogP contribution is 2.26. The van der Waals surface area contributed by atoms with Gasteiger partial charge in [-0.1, -0.05) is 0 Å². The fraction of sp³-hybridized carbons (Fsp3) is 0.529. The third-order valence-electron chi connectivity index (χ3n) is 4.56. The number of piperidine rings is 1. The summed E-state index contributed by atoms with van der Waals surface area (Å²) in [6, 6.07) is 1.59. The van der Waals surface area contributed by atoms with Gasteiger partial charge in [0.25, 0.3) is 5.56 Å². The smallest absolute Gasteiger partial charge is 0.251 e. The van der Waals surface area contributed by atoms with E-state index in [0.717, 1.165) is 43.7 Å². The summed E-state index contributed by atoms with van der Waals surface area (Å²) in [6.07, 6.45) is 3.03. The van der Waals surface area contributed by atoms with Crippen molar-refractivity contribution in [2.75, 3.05) is 13.1 Å². The van der Waals surface area contributed by atoms with Gasteiger partial charge in [-0.2, -0.15) is 0 Å². The van der Waals surface area contributed by atoms with Crippen LogP contribution >= 0.6 is 11.3 Å². The molecule has 0 bridgehead atoms. The lowest BCUT2D eigenvalue weighted by Crippen LogP contribution is -2.38. The van der Waals surface area contributed by atoms with E-state index in [1.807, 2.05) is 17.3 Å². The summed E-state index contributed by atoms with van der Waals surface area (Å²) in [5.41, 5.74) is 3.61. The number of nitrogens with one attached hydrogen (secondary N) is 1. The SMILES string of the molecule is Cc1nc(C2CCN(C(=O)CCc3scnc3C)CC2)cc(=O)[nH]1. The molecule has 3 heterocycles. The molecule has 3 rings (SSSR count). The second-order valence-corrected chi connectivity index (χ2v) is 7.21. The fourth-order valence-corrected chi connectivity index (χ4v) is 3.96. The van der Waals surface area contributed by atoms with E-state index < -0.39 is 0 Å². The summed E-state index contributed by atoms with van der Waals surface area (Å²) >= 11 is 1.62. The molecule has 1 amide bonds. The largest absolute Gasteiger partial charge is 0.343 e. The third-order valence-corrected chi connectivity index (χ3v) is 5.55. The van der Waals surface area contributed by atoms with Gasteiger partial charge >= 0.3 is 0 Å². The first kappa shape index (κ1) is 16.8. The van der Waals surface area contributed by atoms with Crippen LogP contribution in [-0.2, 0) is 11.2 Å². The number of carbonyl (C=O) groups excluding carboxylic acids is 1. The van der Waals surface area contributed by atoms with Crippen LogP contribution in [0.5, 0.6) is 0 Å². The maximum absolute atomic E-state index is 12.4. The predicted octanol–water partition coefficient (Wildman–Crippen LogP) is 2.18. The van der Waals surface area contributed by atoms with Crippen LogP contribution in [0.25, 0.3) is 0 Å². The topological polar surface area (TPSA) is 79.0 Å². The second-order valence-electron chi connectivity index (χ2n) is 6.27. The number of hydrogen-bond acceptors (Lipinski definition) is 5. The van der Waals surface area contributed by atoms with Crippen molar-refractivity contribution >= 4 is 17.2 Å². The standard InChI is InChI=1S/C17H22N4O2S/c1-11-15(24-10-18-11)3-4-17(23)21-7-5-13(6-8-21)14-9-16(22)20-12(2)19-14/h9-10,13H,3-8H2,1-2H3,(H,19,20,22). The van der Waals surface area contributed by atoms with Crippen LogP contribution in [0, 0.1) is 13.8 Å². The van der Waals surface area contributed by atoms with Crippen molar-refractivity contribution in [3.05, 3.63) is 44.0 Å². The molecule has 0 aliphatic carbocycles. The Morgan fingerprint density at radius 2 is 2.12 bits per heavy atom. The van der Waals surface area contributed by atoms with E-state index in [1.165, 1.54) is 4.88 Å². The number of likely N-dealkylation sites (tertiary alicyclic amines) is 1. The van der Waals surface area contributed by atoms with Gasteiger partial charge in [-0.3, -0.25) is 9.59 Å². The maximum Gasteiger partial charge on any atom is 0.251 e. The molecule has 2 aromatic rings. The minimum Gasteiger partial charge on any atom is -0.343 e. The predicted molar refractivity (Wildman–Crippen MR) is 93.3 cm³/mol. The molecule has 0 atom stereocenters. The zero-order valence-corrected chi connectivity index (χ0v) is 14.9. The van der Waals surface area contributed by atoms with Gasteiger partial charge in [-0.25, -0.2) is 9.97 Å². The molecule has 0 saturated carbocycles. The number of nitrogens with zero attached hydrogens (tertiary/aromatic N) is 3. The lowest BCUT2D eigenvalue weighted by atomic mass is 9.93. The van der Waals surface area contributed by atoms with Gasteiger partial charge in [-0.15, -0.1) is 11.3 Å². The Bertz CT molecular complexity index is 775. The molecule has 1 aliphatic heterocycles. The van der Waals surface area contributed by atoms with Crippen molar-refractivity contribution in [2.24, 2.45) is 0 Å². The molecule has 2 aromatic heterocycles. The van der Waals surface area contributed by atoms with Crippen molar-refractivity contribution in [1.82, 2.24) is 19.9 Å². The van der Waals surface area contributed by atoms with E-state index in [-0.39, 0.29) is 17.4 Å². The molecule has 24 heavy (non-hydrogen) atoms. The highest BCUT2D eigenvalue weighted by atomic mass is 32.1. The normalized spacial score (nSPS) is 15.7. The van der Waals surface area contributed by atoms with Crippen molar-refractivity contribution in [1.29, 1.82) is 0 Å². The average molecular weight is 346 g/mol. The fourth-order valence-electron chi connectivity index (χ4n) is 3.18. The molecule has 1 fully saturated rings. The average Bonchev–Trinajstić information content (AvgIpc) is 2.97. The molecule has 1 N–H and O–H groups in total. The summed E-state index contributed by atoms with van der Waals surface area (Å²) in [5, 5.41) is 0. The Hall–Kier alpha value is -2.02. The van der Waals surface area contributed by atoms with Crippen LogP contribution in [-0.4, -0.2) is 38.8 Å². The Balaban J connectivity index is 1.53. The van der Waals surface area contributed by atoms with Crippen LogP contribution in [0.2, 0.25) is 0 Å². The number of amides is 1. The molecule has 0 radical (unpaired) electrons. The monoisotopic (exact) mass is 346 g/mol. The first-order chi connectivity index (χ1) is 11.5. The van der Waals surface area contributed by atoms with Gasteiger partial charge in [0.1, 0.15) is 5.82 Å². The van der Waals surface area contributed by atoms with Gasteiger partial charge in [0.2, 0.25) is 5.91 Å². The molecule has 7 heteroatoms. The lowest BCUT2D eigenvalue weighted by molar-refractivity contribution is -0.132. The van der Waals surface area contributed by atoms with Crippen LogP contribution in [0.4, 0.5) is 0 Å². The van der Waals surface area contributed by atoms with E-state index in [0.29, 0.717) is 12.2 Å². The van der Waals surface area contributed by atoms with E-state index in [4.69, 9.17) is 0 Å². The summed E-state index contributed by atoms with van der Waals surface area (Å²) < 4.78 is 0. The van der Waals surface area contributed by atoms with Crippen LogP contribution < -0.4 is 5.56 Å². The molecule has 128 valence electrons. The highest BCUT2D eigenvalue weighted by molar-refractivity contribution is 7.09. The van der Waals surface area contributed by atoms with E-state index in [2.05, 4.69) is 15.0 Å². The molecular weight excluding hydrogens is 324 g/mol. The number of aromatic nitrogens is 3. The summed E-state index contributed by atoms with van der Waals surface area (Å²) in [6.45, 7) is 5.25. The number of carbonyl (C=O) groups is 1. The van der Waals surface area contributed by atoms with Crippen molar-refractivity contribution in [3.8, 4) is 0 Å². The Kier molecular flexibility index (Phi) is 5.08. The first-order valence-electron chi connectivity index (χ1n) is 8.27. The first-order valence-corrected chi connectivity index (χ1v) is 9.15. The van der Waals surface area contributed by atoms with Crippen molar-refractivity contribution < 1.29 is 4.79 Å². The number of aryl methyl sites for hydroxylation is 3. The van der Waals surface area contributed by atoms with Crippen LogP contribution in [0.15, 0.2) is 16.4 Å². The van der Waals surface area contributed by atoms with Crippen molar-refractivity contribution in [3.63, 3.8) is 0 Å². The minimum absolute atomic E-state index is 0.101.